The number of hydrogen-bond acceptors (Lipinski definition) is 4. The summed E-state index contributed by atoms with van der Waals surface area (Å²) in [6.07, 6.45) is 3.53. The molecule has 2 aliphatic heterocycles. The Morgan fingerprint density at radius 3 is 2.67 bits per heavy atom. The normalized spacial score (nSPS) is 21.4. The van der Waals surface area contributed by atoms with Crippen molar-refractivity contribution >= 4 is 23.4 Å². The summed E-state index contributed by atoms with van der Waals surface area (Å²) >= 11 is 0. The first kappa shape index (κ1) is 16.4. The Morgan fingerprint density at radius 1 is 1.21 bits per heavy atom. The van der Waals surface area contributed by atoms with Crippen LogP contribution in [-0.4, -0.2) is 36.9 Å². The molecule has 0 spiro atoms. The zero-order chi connectivity index (χ0) is 17.1. The second-order valence-electron chi connectivity index (χ2n) is 6.16. The Labute approximate surface area is 139 Å². The number of nitrogens with zero attached hydrogens (tertiary/aromatic N) is 1. The molecule has 2 heterocycles. The fourth-order valence-electron chi connectivity index (χ4n) is 3.14. The van der Waals surface area contributed by atoms with Crippen molar-refractivity contribution in [2.24, 2.45) is 0 Å². The van der Waals surface area contributed by atoms with Gasteiger partial charge in [0.2, 0.25) is 11.8 Å². The molecule has 2 N–H and O–H groups in total. The van der Waals surface area contributed by atoms with E-state index in [0.29, 0.717) is 5.69 Å². The highest BCUT2D eigenvalue weighted by Gasteiger charge is 2.29. The second-order valence-corrected chi connectivity index (χ2v) is 6.16. The van der Waals surface area contributed by atoms with Crippen LogP contribution in [0.15, 0.2) is 18.2 Å². The summed E-state index contributed by atoms with van der Waals surface area (Å²) in [5.74, 6) is -2.11. The van der Waals surface area contributed by atoms with E-state index >= 15 is 0 Å². The first-order valence-electron chi connectivity index (χ1n) is 8.24. The molecule has 0 saturated carbocycles. The van der Waals surface area contributed by atoms with Gasteiger partial charge >= 0.3 is 0 Å². The van der Waals surface area contributed by atoms with E-state index in [1.807, 2.05) is 4.90 Å². The maximum atomic E-state index is 14.8. The second kappa shape index (κ2) is 6.98. The van der Waals surface area contributed by atoms with E-state index in [1.165, 1.54) is 6.07 Å². The van der Waals surface area contributed by atoms with Crippen LogP contribution in [0.2, 0.25) is 0 Å². The number of piperidine rings is 2. The Kier molecular flexibility index (Phi) is 4.78. The molecule has 1 unspecified atom stereocenters. The fraction of sp³-hybridized carbons (Fsp3) is 0.471. The van der Waals surface area contributed by atoms with Gasteiger partial charge in [-0.2, -0.15) is 0 Å². The van der Waals surface area contributed by atoms with Gasteiger partial charge in [0.05, 0.1) is 11.3 Å². The number of imide groups is 1. The summed E-state index contributed by atoms with van der Waals surface area (Å²) in [6, 6.07) is 3.91. The molecule has 0 aliphatic carbocycles. The Balaban J connectivity index is 1.75. The van der Waals surface area contributed by atoms with Crippen molar-refractivity contribution in [3.05, 3.63) is 29.6 Å². The first-order valence-corrected chi connectivity index (χ1v) is 8.24. The fourth-order valence-corrected chi connectivity index (χ4v) is 3.14. The summed E-state index contributed by atoms with van der Waals surface area (Å²) in [4.78, 5) is 37.2. The summed E-state index contributed by atoms with van der Waals surface area (Å²) in [6.45, 7) is 1.55. The zero-order valence-electron chi connectivity index (χ0n) is 13.3. The molecular weight excluding hydrogens is 313 g/mol. The van der Waals surface area contributed by atoms with Gasteiger partial charge in [-0.3, -0.25) is 19.7 Å². The molecular formula is C17H20FN3O3. The topological polar surface area (TPSA) is 78.5 Å². The maximum absolute atomic E-state index is 14.8. The number of hydrogen-bond donors (Lipinski definition) is 2. The van der Waals surface area contributed by atoms with Crippen LogP contribution in [0.5, 0.6) is 0 Å². The monoisotopic (exact) mass is 333 g/mol. The number of halogens is 1. The molecule has 3 amide bonds. The molecule has 24 heavy (non-hydrogen) atoms. The van der Waals surface area contributed by atoms with Gasteiger partial charge in [0, 0.05) is 19.5 Å². The number of carbonyl (C=O) groups is 3. The van der Waals surface area contributed by atoms with Crippen molar-refractivity contribution in [1.82, 2.24) is 10.6 Å². The smallest absolute Gasteiger partial charge is 0.254 e. The summed E-state index contributed by atoms with van der Waals surface area (Å²) in [7, 11) is 0. The van der Waals surface area contributed by atoms with Crippen LogP contribution < -0.4 is 15.5 Å². The minimum atomic E-state index is -0.812. The standard InChI is InChI=1S/C17H20FN3O3/c18-15-11(5-4-6-13(15)21-9-2-1-3-10-21)16(23)19-12-7-8-14(22)20-17(12)24/h4-6,12H,1-3,7-10H2,(H,19,23)(H,20,22,24). The number of nitrogens with one attached hydrogen (secondary N) is 2. The highest BCUT2D eigenvalue weighted by atomic mass is 19.1. The molecule has 1 atom stereocenters. The number of amides is 3. The predicted molar refractivity (Wildman–Crippen MR) is 86.1 cm³/mol. The SMILES string of the molecule is O=C1CCC(NC(=O)c2cccc(N3CCCCC3)c2F)C(=O)N1. The molecule has 7 heteroatoms. The van der Waals surface area contributed by atoms with Gasteiger partial charge in [0.25, 0.3) is 5.91 Å². The molecule has 0 bridgehead atoms. The lowest BCUT2D eigenvalue weighted by Gasteiger charge is -2.29. The molecule has 0 radical (unpaired) electrons. The average Bonchev–Trinajstić information content (AvgIpc) is 2.58. The molecule has 2 aliphatic rings. The summed E-state index contributed by atoms with van der Waals surface area (Å²) < 4.78 is 14.8. The van der Waals surface area contributed by atoms with Crippen molar-refractivity contribution in [1.29, 1.82) is 0 Å². The van der Waals surface area contributed by atoms with E-state index in [1.54, 1.807) is 12.1 Å². The number of rotatable bonds is 3. The van der Waals surface area contributed by atoms with Crippen molar-refractivity contribution in [2.45, 2.75) is 38.1 Å². The van der Waals surface area contributed by atoms with E-state index in [-0.39, 0.29) is 24.3 Å². The largest absolute Gasteiger partial charge is 0.369 e. The minimum Gasteiger partial charge on any atom is -0.369 e. The zero-order valence-corrected chi connectivity index (χ0v) is 13.3. The third-order valence-electron chi connectivity index (χ3n) is 4.46. The lowest BCUT2D eigenvalue weighted by molar-refractivity contribution is -0.134. The molecule has 128 valence electrons. The van der Waals surface area contributed by atoms with Gasteiger partial charge in [-0.25, -0.2) is 4.39 Å². The van der Waals surface area contributed by atoms with Crippen LogP contribution in [0.4, 0.5) is 10.1 Å². The predicted octanol–water partition coefficient (Wildman–Crippen LogP) is 1.35. The van der Waals surface area contributed by atoms with Crippen LogP contribution in [0.25, 0.3) is 0 Å². The first-order chi connectivity index (χ1) is 11.6. The van der Waals surface area contributed by atoms with Gasteiger partial charge in [0.1, 0.15) is 6.04 Å². The number of anilines is 1. The van der Waals surface area contributed by atoms with Gasteiger partial charge in [-0.05, 0) is 37.8 Å². The van der Waals surface area contributed by atoms with Crippen LogP contribution >= 0.6 is 0 Å². The van der Waals surface area contributed by atoms with Crippen LogP contribution in [-0.2, 0) is 9.59 Å². The molecule has 0 aromatic heterocycles. The van der Waals surface area contributed by atoms with Crippen LogP contribution in [0.3, 0.4) is 0 Å². The summed E-state index contributed by atoms with van der Waals surface area (Å²) in [5, 5.41) is 4.68. The van der Waals surface area contributed by atoms with Gasteiger partial charge in [-0.1, -0.05) is 6.07 Å². The van der Waals surface area contributed by atoms with Gasteiger partial charge in [0.15, 0.2) is 5.82 Å². The van der Waals surface area contributed by atoms with Crippen LogP contribution in [0.1, 0.15) is 42.5 Å². The van der Waals surface area contributed by atoms with Crippen LogP contribution in [0, 0.1) is 5.82 Å². The Morgan fingerprint density at radius 2 is 1.96 bits per heavy atom. The quantitative estimate of drug-likeness (QED) is 0.819. The molecule has 6 nitrogen and oxygen atoms in total. The Hall–Kier alpha value is -2.44. The van der Waals surface area contributed by atoms with Crippen molar-refractivity contribution in [3.8, 4) is 0 Å². The third kappa shape index (κ3) is 3.39. The van der Waals surface area contributed by atoms with Gasteiger partial charge < -0.3 is 10.2 Å². The minimum absolute atomic E-state index is 0.0808. The van der Waals surface area contributed by atoms with E-state index in [0.717, 1.165) is 32.4 Å². The lowest BCUT2D eigenvalue weighted by atomic mass is 10.0. The molecule has 2 saturated heterocycles. The van der Waals surface area contributed by atoms with E-state index in [2.05, 4.69) is 10.6 Å². The third-order valence-corrected chi connectivity index (χ3v) is 4.46. The van der Waals surface area contributed by atoms with E-state index < -0.39 is 23.7 Å². The highest BCUT2D eigenvalue weighted by Crippen LogP contribution is 2.25. The molecule has 1 aromatic rings. The summed E-state index contributed by atoms with van der Waals surface area (Å²) in [5.41, 5.74) is 0.341. The van der Waals surface area contributed by atoms with Crippen molar-refractivity contribution in [3.63, 3.8) is 0 Å². The lowest BCUT2D eigenvalue weighted by Crippen LogP contribution is -2.52. The molecule has 2 fully saturated rings. The number of benzene rings is 1. The molecule has 1 aromatic carbocycles. The van der Waals surface area contributed by atoms with E-state index in [4.69, 9.17) is 0 Å². The van der Waals surface area contributed by atoms with E-state index in [9.17, 15) is 18.8 Å². The average molecular weight is 333 g/mol. The highest BCUT2D eigenvalue weighted by molar-refractivity contribution is 6.04. The van der Waals surface area contributed by atoms with Gasteiger partial charge in [-0.15, -0.1) is 0 Å². The van der Waals surface area contributed by atoms with Crippen molar-refractivity contribution in [2.75, 3.05) is 18.0 Å². The van der Waals surface area contributed by atoms with Crippen molar-refractivity contribution < 1.29 is 18.8 Å². The number of carbonyl (C=O) groups excluding carboxylic acids is 3. The maximum Gasteiger partial charge on any atom is 0.254 e. The Bertz CT molecular complexity index is 671. The molecule has 3 rings (SSSR count).